The van der Waals surface area contributed by atoms with Crippen LogP contribution in [-0.4, -0.2) is 25.4 Å². The molecule has 0 saturated heterocycles. The molecule has 1 N–H and O–H groups in total. The Kier molecular flexibility index (Phi) is 2.33. The molecule has 1 aromatic carbocycles. The van der Waals surface area contributed by atoms with E-state index in [1.54, 1.807) is 30.3 Å². The predicted molar refractivity (Wildman–Crippen MR) is 52.6 cm³/mol. The third-order valence-electron chi connectivity index (χ3n) is 2.56. The Labute approximate surface area is 83.3 Å². The molecule has 1 aliphatic carbocycles. The molecule has 14 heavy (non-hydrogen) atoms. The Morgan fingerprint density at radius 2 is 1.93 bits per heavy atom. The molecule has 1 aromatic rings. The molecule has 4 heteroatoms. The van der Waals surface area contributed by atoms with E-state index in [0.29, 0.717) is 11.3 Å². The first-order valence-corrected chi connectivity index (χ1v) is 6.10. The van der Waals surface area contributed by atoms with E-state index in [0.717, 1.165) is 0 Å². The molecule has 0 amide bonds. The molecule has 0 aliphatic heterocycles. The molecular weight excluding hydrogens is 200 g/mol. The average Bonchev–Trinajstić information content (AvgIpc) is 2.98. The number of aliphatic hydroxyl groups excluding tert-OH is 1. The molecule has 0 radical (unpaired) electrons. The number of hydrogen-bond donors (Lipinski definition) is 1. The van der Waals surface area contributed by atoms with Crippen molar-refractivity contribution in [3.8, 4) is 0 Å². The number of sulfone groups is 1. The van der Waals surface area contributed by atoms with E-state index in [-0.39, 0.29) is 17.8 Å². The van der Waals surface area contributed by atoms with Crippen molar-refractivity contribution in [3.05, 3.63) is 30.3 Å². The van der Waals surface area contributed by atoms with Crippen LogP contribution < -0.4 is 0 Å². The van der Waals surface area contributed by atoms with Gasteiger partial charge in [0.05, 0.1) is 10.1 Å². The second-order valence-corrected chi connectivity index (χ2v) is 5.74. The topological polar surface area (TPSA) is 54.4 Å². The summed E-state index contributed by atoms with van der Waals surface area (Å²) in [6.07, 6.45) is 0.591. The van der Waals surface area contributed by atoms with Gasteiger partial charge in [-0.05, 0) is 18.6 Å². The van der Waals surface area contributed by atoms with Gasteiger partial charge in [-0.1, -0.05) is 18.2 Å². The highest BCUT2D eigenvalue weighted by Gasteiger charge is 2.47. The predicted octanol–water partition coefficient (Wildman–Crippen LogP) is 0.841. The zero-order valence-electron chi connectivity index (χ0n) is 7.63. The monoisotopic (exact) mass is 212 g/mol. The summed E-state index contributed by atoms with van der Waals surface area (Å²) in [5, 5.41) is 8.46. The summed E-state index contributed by atoms with van der Waals surface area (Å²) in [4.78, 5) is 0.362. The quantitative estimate of drug-likeness (QED) is 0.807. The van der Waals surface area contributed by atoms with Crippen molar-refractivity contribution in [1.82, 2.24) is 0 Å². The summed E-state index contributed by atoms with van der Waals surface area (Å²) in [5.41, 5.74) is 0. The van der Waals surface area contributed by atoms with Gasteiger partial charge in [0.15, 0.2) is 9.84 Å². The molecule has 0 unspecified atom stereocenters. The Bertz CT molecular complexity index is 410. The Balaban J connectivity index is 2.27. The van der Waals surface area contributed by atoms with E-state index in [9.17, 15) is 8.42 Å². The summed E-state index contributed by atoms with van der Waals surface area (Å²) < 4.78 is 23.7. The van der Waals surface area contributed by atoms with Crippen molar-refractivity contribution in [1.29, 1.82) is 0 Å². The normalized spacial score (nSPS) is 26.1. The fraction of sp³-hybridized carbons (Fsp3) is 0.400. The van der Waals surface area contributed by atoms with Crippen LogP contribution in [0.25, 0.3) is 0 Å². The lowest BCUT2D eigenvalue weighted by Crippen LogP contribution is -2.10. The molecule has 0 bridgehead atoms. The number of hydrogen-bond acceptors (Lipinski definition) is 3. The molecule has 3 nitrogen and oxygen atoms in total. The first-order valence-electron chi connectivity index (χ1n) is 4.56. The van der Waals surface area contributed by atoms with Gasteiger partial charge in [-0.2, -0.15) is 0 Å². The third-order valence-corrected chi connectivity index (χ3v) is 4.87. The highest BCUT2D eigenvalue weighted by atomic mass is 32.2. The molecule has 0 spiro atoms. The average molecular weight is 212 g/mol. The molecule has 0 aromatic heterocycles. The van der Waals surface area contributed by atoms with Crippen molar-refractivity contribution in [2.24, 2.45) is 5.92 Å². The summed E-state index contributed by atoms with van der Waals surface area (Å²) in [5.74, 6) is -0.0554. The van der Waals surface area contributed by atoms with E-state index in [1.807, 2.05) is 0 Å². The highest BCUT2D eigenvalue weighted by molar-refractivity contribution is 7.92. The maximum atomic E-state index is 11.9. The van der Waals surface area contributed by atoms with Crippen LogP contribution in [0.4, 0.5) is 0 Å². The number of benzene rings is 1. The van der Waals surface area contributed by atoms with Crippen LogP contribution in [-0.2, 0) is 9.84 Å². The van der Waals surface area contributed by atoms with Gasteiger partial charge in [-0.15, -0.1) is 0 Å². The minimum atomic E-state index is -3.19. The second-order valence-electron chi connectivity index (χ2n) is 3.57. The first-order chi connectivity index (χ1) is 6.66. The van der Waals surface area contributed by atoms with Crippen LogP contribution >= 0.6 is 0 Å². The summed E-state index contributed by atoms with van der Waals surface area (Å²) in [7, 11) is -3.19. The van der Waals surface area contributed by atoms with Crippen molar-refractivity contribution in [3.63, 3.8) is 0 Å². The van der Waals surface area contributed by atoms with E-state index < -0.39 is 9.84 Å². The minimum absolute atomic E-state index is 0.0310. The molecule has 1 fully saturated rings. The van der Waals surface area contributed by atoms with Crippen molar-refractivity contribution >= 4 is 9.84 Å². The van der Waals surface area contributed by atoms with Gasteiger partial charge in [-0.25, -0.2) is 8.42 Å². The van der Waals surface area contributed by atoms with Crippen molar-refractivity contribution in [2.45, 2.75) is 16.6 Å². The Morgan fingerprint density at radius 1 is 1.29 bits per heavy atom. The van der Waals surface area contributed by atoms with Gasteiger partial charge in [0.25, 0.3) is 0 Å². The van der Waals surface area contributed by atoms with Crippen molar-refractivity contribution < 1.29 is 13.5 Å². The fourth-order valence-electron chi connectivity index (χ4n) is 1.58. The van der Waals surface area contributed by atoms with E-state index in [1.165, 1.54) is 0 Å². The lowest BCUT2D eigenvalue weighted by atomic mass is 10.4. The van der Waals surface area contributed by atoms with Gasteiger partial charge >= 0.3 is 0 Å². The first kappa shape index (κ1) is 9.68. The molecule has 2 rings (SSSR count). The number of rotatable bonds is 3. The van der Waals surface area contributed by atoms with E-state index in [2.05, 4.69) is 0 Å². The van der Waals surface area contributed by atoms with Crippen LogP contribution in [0.5, 0.6) is 0 Å². The SMILES string of the molecule is O=S(=O)(c1ccccc1)[C@H]1C[C@H]1CO. The molecule has 76 valence electrons. The van der Waals surface area contributed by atoms with Crippen molar-refractivity contribution in [2.75, 3.05) is 6.61 Å². The van der Waals surface area contributed by atoms with Crippen LogP contribution in [0.2, 0.25) is 0 Å². The molecule has 0 heterocycles. The Hall–Kier alpha value is -0.870. The molecule has 1 saturated carbocycles. The minimum Gasteiger partial charge on any atom is -0.396 e. The van der Waals surface area contributed by atoms with Crippen LogP contribution in [0.1, 0.15) is 6.42 Å². The van der Waals surface area contributed by atoms with Gasteiger partial charge < -0.3 is 5.11 Å². The largest absolute Gasteiger partial charge is 0.396 e. The van der Waals surface area contributed by atoms with Crippen LogP contribution in [0, 0.1) is 5.92 Å². The smallest absolute Gasteiger partial charge is 0.181 e. The standard InChI is InChI=1S/C10H12O3S/c11-7-8-6-10(8)14(12,13)9-4-2-1-3-5-9/h1-5,8,10-11H,6-7H2/t8-,10-/m0/s1. The maximum Gasteiger partial charge on any atom is 0.181 e. The zero-order valence-corrected chi connectivity index (χ0v) is 8.44. The van der Waals surface area contributed by atoms with Crippen LogP contribution in [0.15, 0.2) is 35.2 Å². The van der Waals surface area contributed by atoms with E-state index >= 15 is 0 Å². The van der Waals surface area contributed by atoms with Gasteiger partial charge in [-0.3, -0.25) is 0 Å². The van der Waals surface area contributed by atoms with E-state index in [4.69, 9.17) is 5.11 Å². The van der Waals surface area contributed by atoms with Gasteiger partial charge in [0.1, 0.15) is 0 Å². The number of aliphatic hydroxyl groups is 1. The maximum absolute atomic E-state index is 11.9. The lowest BCUT2D eigenvalue weighted by molar-refractivity contribution is 0.277. The summed E-state index contributed by atoms with van der Waals surface area (Å²) >= 11 is 0. The highest BCUT2D eigenvalue weighted by Crippen LogP contribution is 2.39. The van der Waals surface area contributed by atoms with Gasteiger partial charge in [0.2, 0.25) is 0 Å². The summed E-state index contributed by atoms with van der Waals surface area (Å²) in [6.45, 7) is -0.0310. The molecular formula is C10H12O3S. The fourth-order valence-corrected chi connectivity index (χ4v) is 3.56. The third kappa shape index (κ3) is 1.55. The van der Waals surface area contributed by atoms with Gasteiger partial charge in [0, 0.05) is 12.5 Å². The van der Waals surface area contributed by atoms with Crippen LogP contribution in [0.3, 0.4) is 0 Å². The molecule has 2 atom stereocenters. The zero-order chi connectivity index (χ0) is 10.2. The molecule has 1 aliphatic rings. The second kappa shape index (κ2) is 3.37. The Morgan fingerprint density at radius 3 is 2.43 bits per heavy atom. The summed E-state index contributed by atoms with van der Waals surface area (Å²) in [6, 6.07) is 8.41. The lowest BCUT2D eigenvalue weighted by Gasteiger charge is -2.01.